The first-order valence-electron chi connectivity index (χ1n) is 7.46. The molecule has 1 aromatic carbocycles. The van der Waals surface area contributed by atoms with Crippen LogP contribution in [0.25, 0.3) is 0 Å². The Bertz CT molecular complexity index is 340. The minimum absolute atomic E-state index is 1.02. The quantitative estimate of drug-likeness (QED) is 0.694. The van der Waals surface area contributed by atoms with Crippen molar-refractivity contribution >= 4 is 0 Å². The molecule has 0 bridgehead atoms. The summed E-state index contributed by atoms with van der Waals surface area (Å²) in [5, 5.41) is 0. The molecular formula is C17H24. The highest BCUT2D eigenvalue weighted by molar-refractivity contribution is 5.14. The van der Waals surface area contributed by atoms with Crippen molar-refractivity contribution in [3.63, 3.8) is 0 Å². The molecule has 0 nitrogen and oxygen atoms in total. The largest absolute Gasteiger partial charge is 0.0622 e. The van der Waals surface area contributed by atoms with E-state index in [1.54, 1.807) is 0 Å². The van der Waals surface area contributed by atoms with Gasteiger partial charge in [0.1, 0.15) is 0 Å². The number of rotatable bonds is 3. The molecule has 0 aromatic heterocycles. The Morgan fingerprint density at radius 1 is 0.882 bits per heavy atom. The highest BCUT2D eigenvalue weighted by Gasteiger charge is 2.33. The molecule has 0 heteroatoms. The van der Waals surface area contributed by atoms with Crippen LogP contribution in [-0.2, 0) is 6.42 Å². The summed E-state index contributed by atoms with van der Waals surface area (Å²) in [6.45, 7) is 0. The van der Waals surface area contributed by atoms with Gasteiger partial charge in [-0.3, -0.25) is 0 Å². The second-order valence-electron chi connectivity index (χ2n) is 6.15. The Hall–Kier alpha value is -0.780. The Morgan fingerprint density at radius 3 is 2.59 bits per heavy atom. The summed E-state index contributed by atoms with van der Waals surface area (Å²) < 4.78 is 0. The molecule has 17 heavy (non-hydrogen) atoms. The van der Waals surface area contributed by atoms with E-state index in [9.17, 15) is 0 Å². The van der Waals surface area contributed by atoms with Gasteiger partial charge in [0.05, 0.1) is 0 Å². The van der Waals surface area contributed by atoms with Gasteiger partial charge in [-0.2, -0.15) is 0 Å². The summed E-state index contributed by atoms with van der Waals surface area (Å²) in [7, 11) is 0. The van der Waals surface area contributed by atoms with Crippen molar-refractivity contribution in [2.24, 2.45) is 17.8 Å². The third-order valence-corrected chi connectivity index (χ3v) is 5.08. The van der Waals surface area contributed by atoms with Crippen molar-refractivity contribution < 1.29 is 0 Å². The molecule has 2 fully saturated rings. The Balaban J connectivity index is 1.50. The van der Waals surface area contributed by atoms with Crippen molar-refractivity contribution in [3.05, 3.63) is 35.9 Å². The van der Waals surface area contributed by atoms with Crippen molar-refractivity contribution in [3.8, 4) is 0 Å². The summed E-state index contributed by atoms with van der Waals surface area (Å²) in [6, 6.07) is 11.0. The van der Waals surface area contributed by atoms with E-state index >= 15 is 0 Å². The van der Waals surface area contributed by atoms with Crippen LogP contribution in [0.3, 0.4) is 0 Å². The Kier molecular flexibility index (Phi) is 3.49. The maximum absolute atomic E-state index is 2.28. The average molecular weight is 228 g/mol. The summed E-state index contributed by atoms with van der Waals surface area (Å²) in [5.41, 5.74) is 1.53. The molecule has 0 radical (unpaired) electrons. The molecule has 0 heterocycles. The Morgan fingerprint density at radius 2 is 1.71 bits per heavy atom. The number of aryl methyl sites for hydroxylation is 1. The second kappa shape index (κ2) is 5.25. The average Bonchev–Trinajstić information content (AvgIpc) is 2.85. The molecule has 3 atom stereocenters. The Labute approximate surface area is 105 Å². The van der Waals surface area contributed by atoms with E-state index in [2.05, 4.69) is 30.3 Å². The van der Waals surface area contributed by atoms with Crippen molar-refractivity contribution in [2.45, 2.75) is 51.4 Å². The lowest BCUT2D eigenvalue weighted by Gasteiger charge is -2.31. The van der Waals surface area contributed by atoms with Crippen LogP contribution >= 0.6 is 0 Å². The fraction of sp³-hybridized carbons (Fsp3) is 0.647. The van der Waals surface area contributed by atoms with Crippen LogP contribution < -0.4 is 0 Å². The van der Waals surface area contributed by atoms with Gasteiger partial charge in [-0.1, -0.05) is 56.0 Å². The van der Waals surface area contributed by atoms with Crippen molar-refractivity contribution in [1.29, 1.82) is 0 Å². The van der Waals surface area contributed by atoms with Gasteiger partial charge in [0, 0.05) is 0 Å². The first-order valence-corrected chi connectivity index (χ1v) is 7.46. The highest BCUT2D eigenvalue weighted by atomic mass is 14.4. The molecular weight excluding hydrogens is 204 g/mol. The van der Waals surface area contributed by atoms with Gasteiger partial charge in [-0.05, 0) is 49.0 Å². The van der Waals surface area contributed by atoms with Crippen molar-refractivity contribution in [2.75, 3.05) is 0 Å². The van der Waals surface area contributed by atoms with Crippen LogP contribution in [0.5, 0.6) is 0 Å². The molecule has 3 rings (SSSR count). The van der Waals surface area contributed by atoms with Crippen LogP contribution in [0.2, 0.25) is 0 Å². The lowest BCUT2D eigenvalue weighted by atomic mass is 9.74. The number of hydrogen-bond donors (Lipinski definition) is 0. The van der Waals surface area contributed by atoms with Gasteiger partial charge < -0.3 is 0 Å². The molecule has 0 N–H and O–H groups in total. The van der Waals surface area contributed by atoms with Crippen LogP contribution in [0.15, 0.2) is 30.3 Å². The SMILES string of the molecule is c1ccc(CCC2CCC3CCCC3C2)cc1. The summed E-state index contributed by atoms with van der Waals surface area (Å²) in [4.78, 5) is 0. The van der Waals surface area contributed by atoms with Crippen LogP contribution in [0.4, 0.5) is 0 Å². The lowest BCUT2D eigenvalue weighted by Crippen LogP contribution is -2.21. The van der Waals surface area contributed by atoms with Gasteiger partial charge in [-0.25, -0.2) is 0 Å². The van der Waals surface area contributed by atoms with Gasteiger partial charge in [0.2, 0.25) is 0 Å². The third-order valence-electron chi connectivity index (χ3n) is 5.08. The first kappa shape index (κ1) is 11.3. The maximum Gasteiger partial charge on any atom is -0.0276 e. The molecule has 2 aliphatic rings. The maximum atomic E-state index is 2.28. The predicted molar refractivity (Wildman–Crippen MR) is 72.9 cm³/mol. The zero-order valence-electron chi connectivity index (χ0n) is 10.8. The van der Waals surface area contributed by atoms with Gasteiger partial charge in [0.15, 0.2) is 0 Å². The zero-order chi connectivity index (χ0) is 11.5. The summed E-state index contributed by atoms with van der Waals surface area (Å²) in [6.07, 6.45) is 11.9. The van der Waals surface area contributed by atoms with Gasteiger partial charge in [-0.15, -0.1) is 0 Å². The minimum atomic E-state index is 1.02. The second-order valence-corrected chi connectivity index (χ2v) is 6.15. The van der Waals surface area contributed by atoms with E-state index in [-0.39, 0.29) is 0 Å². The van der Waals surface area contributed by atoms with Crippen LogP contribution in [0, 0.1) is 17.8 Å². The summed E-state index contributed by atoms with van der Waals surface area (Å²) in [5.74, 6) is 3.24. The van der Waals surface area contributed by atoms with E-state index in [1.807, 2.05) is 0 Å². The van der Waals surface area contributed by atoms with E-state index in [0.29, 0.717) is 0 Å². The molecule has 0 amide bonds. The molecule has 1 aromatic rings. The molecule has 3 unspecified atom stereocenters. The predicted octanol–water partition coefficient (Wildman–Crippen LogP) is 4.84. The van der Waals surface area contributed by atoms with E-state index in [0.717, 1.165) is 17.8 Å². The summed E-state index contributed by atoms with van der Waals surface area (Å²) >= 11 is 0. The monoisotopic (exact) mass is 228 g/mol. The number of hydrogen-bond acceptors (Lipinski definition) is 0. The first-order chi connectivity index (χ1) is 8.42. The fourth-order valence-corrected chi connectivity index (χ4v) is 4.08. The standard InChI is InChI=1S/C17H24/c1-2-5-14(6-3-1)9-10-15-11-12-16-7-4-8-17(16)13-15/h1-3,5-6,15-17H,4,7-13H2. The normalized spacial score (nSPS) is 32.4. The minimum Gasteiger partial charge on any atom is -0.0622 e. The zero-order valence-corrected chi connectivity index (χ0v) is 10.8. The molecule has 0 saturated heterocycles. The molecule has 0 spiro atoms. The topological polar surface area (TPSA) is 0 Å². The van der Waals surface area contributed by atoms with Gasteiger partial charge in [0.25, 0.3) is 0 Å². The van der Waals surface area contributed by atoms with Gasteiger partial charge >= 0.3 is 0 Å². The van der Waals surface area contributed by atoms with E-state index in [1.165, 1.54) is 56.9 Å². The van der Waals surface area contributed by atoms with E-state index in [4.69, 9.17) is 0 Å². The smallest absolute Gasteiger partial charge is 0.0276 e. The molecule has 2 aliphatic carbocycles. The highest BCUT2D eigenvalue weighted by Crippen LogP contribution is 2.45. The van der Waals surface area contributed by atoms with Crippen LogP contribution in [0.1, 0.15) is 50.5 Å². The van der Waals surface area contributed by atoms with Crippen LogP contribution in [-0.4, -0.2) is 0 Å². The van der Waals surface area contributed by atoms with Crippen molar-refractivity contribution in [1.82, 2.24) is 0 Å². The third kappa shape index (κ3) is 2.73. The number of fused-ring (bicyclic) bond motifs is 1. The van der Waals surface area contributed by atoms with E-state index < -0.39 is 0 Å². The number of benzene rings is 1. The molecule has 2 saturated carbocycles. The molecule has 0 aliphatic heterocycles. The molecule has 92 valence electrons. The fourth-order valence-electron chi connectivity index (χ4n) is 4.08. The lowest BCUT2D eigenvalue weighted by molar-refractivity contribution is 0.200.